The highest BCUT2D eigenvalue weighted by molar-refractivity contribution is 5.80. The van der Waals surface area contributed by atoms with Gasteiger partial charge in [-0.25, -0.2) is 0 Å². The van der Waals surface area contributed by atoms with E-state index in [0.29, 0.717) is 11.7 Å². The molecule has 0 aliphatic heterocycles. The summed E-state index contributed by atoms with van der Waals surface area (Å²) in [7, 11) is 1.68. The summed E-state index contributed by atoms with van der Waals surface area (Å²) in [5.74, 6) is 2.62. The number of aromatic nitrogens is 1. The van der Waals surface area contributed by atoms with Gasteiger partial charge in [0.15, 0.2) is 5.82 Å². The molecule has 1 heterocycles. The lowest BCUT2D eigenvalue weighted by molar-refractivity contribution is 0.323. The summed E-state index contributed by atoms with van der Waals surface area (Å²) in [6, 6.07) is 6.10. The van der Waals surface area contributed by atoms with Crippen LogP contribution in [-0.2, 0) is 0 Å². The number of anilines is 1. The van der Waals surface area contributed by atoms with Crippen LogP contribution in [0.3, 0.4) is 0 Å². The van der Waals surface area contributed by atoms with Crippen molar-refractivity contribution in [2.45, 2.75) is 44.9 Å². The van der Waals surface area contributed by atoms with Crippen LogP contribution in [0.5, 0.6) is 5.75 Å². The molecule has 4 nitrogen and oxygen atoms in total. The zero-order chi connectivity index (χ0) is 14.8. The quantitative estimate of drug-likeness (QED) is 0.914. The van der Waals surface area contributed by atoms with Crippen molar-refractivity contribution in [2.24, 2.45) is 0 Å². The molecule has 0 bridgehead atoms. The van der Waals surface area contributed by atoms with Crippen molar-refractivity contribution in [1.82, 2.24) is 5.16 Å². The molecule has 1 aromatic heterocycles. The lowest BCUT2D eigenvalue weighted by Crippen LogP contribution is -2.05. The number of methoxy groups -OCH3 is 1. The largest absolute Gasteiger partial charge is 0.496 e. The number of nitrogens with zero attached hydrogens (tertiary/aromatic N) is 1. The minimum Gasteiger partial charge on any atom is -0.496 e. The summed E-state index contributed by atoms with van der Waals surface area (Å²) < 4.78 is 11.1. The molecule has 0 spiro atoms. The molecular formula is C17H22N2O2. The SMILES string of the molecule is COc1ccc(C)cc1-c1c(N)noc1C1CCCCC1. The van der Waals surface area contributed by atoms with E-state index in [-0.39, 0.29) is 0 Å². The Bertz CT molecular complexity index is 628. The lowest BCUT2D eigenvalue weighted by Gasteiger charge is -2.20. The number of hydrogen-bond acceptors (Lipinski definition) is 4. The van der Waals surface area contributed by atoms with Crippen molar-refractivity contribution in [3.05, 3.63) is 29.5 Å². The minimum atomic E-state index is 0.420. The van der Waals surface area contributed by atoms with E-state index in [9.17, 15) is 0 Å². The third-order valence-corrected chi connectivity index (χ3v) is 4.35. The summed E-state index contributed by atoms with van der Waals surface area (Å²) in [6.45, 7) is 2.06. The average Bonchev–Trinajstić information content (AvgIpc) is 2.89. The molecule has 21 heavy (non-hydrogen) atoms. The number of nitrogen functional groups attached to an aromatic ring is 1. The second-order valence-electron chi connectivity index (χ2n) is 5.85. The first-order valence-electron chi connectivity index (χ1n) is 7.60. The molecule has 1 aliphatic carbocycles. The summed E-state index contributed by atoms with van der Waals surface area (Å²) in [5, 5.41) is 4.02. The second kappa shape index (κ2) is 5.80. The van der Waals surface area contributed by atoms with Gasteiger partial charge >= 0.3 is 0 Å². The fraction of sp³-hybridized carbons (Fsp3) is 0.471. The van der Waals surface area contributed by atoms with Gasteiger partial charge in [0.1, 0.15) is 11.5 Å². The monoisotopic (exact) mass is 286 g/mol. The Balaban J connectivity index is 2.09. The maximum atomic E-state index is 6.09. The molecule has 1 aromatic carbocycles. The molecular weight excluding hydrogens is 264 g/mol. The number of ether oxygens (including phenoxy) is 1. The third-order valence-electron chi connectivity index (χ3n) is 4.35. The molecule has 112 valence electrons. The fourth-order valence-corrected chi connectivity index (χ4v) is 3.25. The van der Waals surface area contributed by atoms with Crippen molar-refractivity contribution < 1.29 is 9.26 Å². The Hall–Kier alpha value is -1.97. The van der Waals surface area contributed by atoms with E-state index in [1.807, 2.05) is 12.1 Å². The maximum absolute atomic E-state index is 6.09. The first-order chi connectivity index (χ1) is 10.2. The van der Waals surface area contributed by atoms with Gasteiger partial charge in [0, 0.05) is 11.5 Å². The smallest absolute Gasteiger partial charge is 0.175 e. The molecule has 3 rings (SSSR count). The van der Waals surface area contributed by atoms with Crippen LogP contribution in [0.2, 0.25) is 0 Å². The van der Waals surface area contributed by atoms with Gasteiger partial charge in [-0.3, -0.25) is 0 Å². The van der Waals surface area contributed by atoms with Crippen molar-refractivity contribution in [1.29, 1.82) is 0 Å². The maximum Gasteiger partial charge on any atom is 0.175 e. The molecule has 1 saturated carbocycles. The van der Waals surface area contributed by atoms with Gasteiger partial charge < -0.3 is 15.0 Å². The van der Waals surface area contributed by atoms with E-state index in [1.54, 1.807) is 7.11 Å². The van der Waals surface area contributed by atoms with Gasteiger partial charge in [0.05, 0.1) is 12.7 Å². The van der Waals surface area contributed by atoms with Gasteiger partial charge in [-0.15, -0.1) is 0 Å². The minimum absolute atomic E-state index is 0.420. The molecule has 0 saturated heterocycles. The predicted octanol–water partition coefficient (Wildman–Crippen LogP) is 4.29. The summed E-state index contributed by atoms with van der Waals surface area (Å²) >= 11 is 0. The van der Waals surface area contributed by atoms with E-state index in [4.69, 9.17) is 15.0 Å². The summed E-state index contributed by atoms with van der Waals surface area (Å²) in [4.78, 5) is 0. The van der Waals surface area contributed by atoms with Gasteiger partial charge in [0.25, 0.3) is 0 Å². The Morgan fingerprint density at radius 1 is 1.24 bits per heavy atom. The van der Waals surface area contributed by atoms with Crippen LogP contribution in [0, 0.1) is 6.92 Å². The molecule has 0 radical (unpaired) electrons. The van der Waals surface area contributed by atoms with Crippen molar-refractivity contribution in [2.75, 3.05) is 12.8 Å². The van der Waals surface area contributed by atoms with Crippen molar-refractivity contribution >= 4 is 5.82 Å². The fourth-order valence-electron chi connectivity index (χ4n) is 3.25. The van der Waals surface area contributed by atoms with Crippen molar-refractivity contribution in [3.8, 4) is 16.9 Å². The first kappa shape index (κ1) is 14.0. The van der Waals surface area contributed by atoms with Crippen LogP contribution in [0.15, 0.2) is 22.7 Å². The van der Waals surface area contributed by atoms with E-state index in [2.05, 4.69) is 18.1 Å². The van der Waals surface area contributed by atoms with Crippen LogP contribution >= 0.6 is 0 Å². The number of rotatable bonds is 3. The second-order valence-corrected chi connectivity index (χ2v) is 5.85. The number of hydrogen-bond donors (Lipinski definition) is 1. The molecule has 4 heteroatoms. The average molecular weight is 286 g/mol. The number of nitrogens with two attached hydrogens (primary N) is 1. The Labute approximate surface area is 125 Å². The topological polar surface area (TPSA) is 61.3 Å². The zero-order valence-corrected chi connectivity index (χ0v) is 12.7. The van der Waals surface area contributed by atoms with E-state index < -0.39 is 0 Å². The number of benzene rings is 1. The van der Waals surface area contributed by atoms with Crippen LogP contribution < -0.4 is 10.5 Å². The van der Waals surface area contributed by atoms with Gasteiger partial charge in [-0.2, -0.15) is 0 Å². The predicted molar refractivity (Wildman–Crippen MR) is 83.5 cm³/mol. The molecule has 1 fully saturated rings. The van der Waals surface area contributed by atoms with E-state index >= 15 is 0 Å². The van der Waals surface area contributed by atoms with E-state index in [1.165, 1.54) is 24.8 Å². The van der Waals surface area contributed by atoms with Crippen LogP contribution in [-0.4, -0.2) is 12.3 Å². The van der Waals surface area contributed by atoms with Crippen molar-refractivity contribution in [3.63, 3.8) is 0 Å². The molecule has 0 unspecified atom stereocenters. The molecule has 2 N–H and O–H groups in total. The number of aryl methyl sites for hydroxylation is 1. The molecule has 0 amide bonds. The summed E-state index contributed by atoms with van der Waals surface area (Å²) in [6.07, 6.45) is 6.10. The van der Waals surface area contributed by atoms with E-state index in [0.717, 1.165) is 35.5 Å². The van der Waals surface area contributed by atoms with Crippen LogP contribution in [0.1, 0.15) is 49.3 Å². The highest BCUT2D eigenvalue weighted by Crippen LogP contribution is 2.43. The lowest BCUT2D eigenvalue weighted by atomic mass is 9.84. The highest BCUT2D eigenvalue weighted by atomic mass is 16.5. The normalized spacial score (nSPS) is 16.1. The van der Waals surface area contributed by atoms with Gasteiger partial charge in [0.2, 0.25) is 0 Å². The first-order valence-corrected chi connectivity index (χ1v) is 7.60. The highest BCUT2D eigenvalue weighted by Gasteiger charge is 2.27. The van der Waals surface area contributed by atoms with Crippen LogP contribution in [0.25, 0.3) is 11.1 Å². The summed E-state index contributed by atoms with van der Waals surface area (Å²) in [5.41, 5.74) is 9.16. The Morgan fingerprint density at radius 2 is 2.00 bits per heavy atom. The zero-order valence-electron chi connectivity index (χ0n) is 12.7. The standard InChI is InChI=1S/C17H22N2O2/c1-11-8-9-14(20-2)13(10-11)15-16(21-19-17(15)18)12-6-4-3-5-7-12/h8-10,12H,3-7H2,1-2H3,(H2,18,19). The van der Waals surface area contributed by atoms with Gasteiger partial charge in [-0.1, -0.05) is 36.0 Å². The molecule has 1 aliphatic rings. The third kappa shape index (κ3) is 2.62. The Morgan fingerprint density at radius 3 is 2.71 bits per heavy atom. The molecule has 2 aromatic rings. The molecule has 0 atom stereocenters. The Kier molecular flexibility index (Phi) is 3.86. The van der Waals surface area contributed by atoms with Gasteiger partial charge in [-0.05, 0) is 31.9 Å². The van der Waals surface area contributed by atoms with Crippen LogP contribution in [0.4, 0.5) is 5.82 Å².